The molecule has 0 bridgehead atoms. The number of rotatable bonds is 3. The predicted molar refractivity (Wildman–Crippen MR) is 75.0 cm³/mol. The summed E-state index contributed by atoms with van der Waals surface area (Å²) in [7, 11) is 1.73. The maximum atomic E-state index is 12.2. The number of aromatic nitrogens is 3. The molecule has 1 aromatic heterocycles. The fourth-order valence-corrected chi connectivity index (χ4v) is 2.45. The molecular weight excluding hydrogens is 246 g/mol. The van der Waals surface area contributed by atoms with Gasteiger partial charge in [-0.1, -0.05) is 13.0 Å². The largest absolute Gasteiger partial charge is 0.285 e. The van der Waals surface area contributed by atoms with E-state index in [1.807, 2.05) is 0 Å². The Bertz CT molecular complexity index is 583. The second-order valence-corrected chi connectivity index (χ2v) is 5.06. The lowest BCUT2D eigenvalue weighted by atomic mass is 9.97. The molecule has 1 aromatic rings. The van der Waals surface area contributed by atoms with Gasteiger partial charge in [-0.2, -0.15) is 5.10 Å². The predicted octanol–water partition coefficient (Wildman–Crippen LogP) is 2.68. The summed E-state index contributed by atoms with van der Waals surface area (Å²) in [6.07, 6.45) is 7.44. The van der Waals surface area contributed by atoms with Gasteiger partial charge in [0.05, 0.1) is 0 Å². The summed E-state index contributed by atoms with van der Waals surface area (Å²) in [5, 5.41) is 4.46. The van der Waals surface area contributed by atoms with Crippen molar-refractivity contribution >= 4 is 17.8 Å². The normalized spacial score (nSPS) is 15.6. The van der Waals surface area contributed by atoms with Crippen LogP contribution in [0, 0.1) is 4.77 Å². The first-order valence-corrected chi connectivity index (χ1v) is 6.93. The van der Waals surface area contributed by atoms with Gasteiger partial charge in [-0.25, -0.2) is 4.68 Å². The summed E-state index contributed by atoms with van der Waals surface area (Å²) in [6.45, 7) is 2.83. The Hall–Kier alpha value is -1.23. The van der Waals surface area contributed by atoms with Crippen LogP contribution in [-0.2, 0) is 13.6 Å². The van der Waals surface area contributed by atoms with E-state index < -0.39 is 0 Å². The lowest BCUT2D eigenvalue weighted by Crippen LogP contribution is -2.28. The smallest absolute Gasteiger partial charge is 0.280 e. The van der Waals surface area contributed by atoms with Crippen LogP contribution in [0.4, 0.5) is 0 Å². The Labute approximate surface area is 112 Å². The standard InChI is InChI=1S/C13H19N3OS/c1-3-9-16-13(18)15(2)12(17)11(14-16)10-7-5-4-6-8-10/h7H,3-6,8-9H2,1-2H3. The van der Waals surface area contributed by atoms with Crippen LogP contribution in [0.2, 0.25) is 0 Å². The molecule has 0 fully saturated rings. The number of nitrogens with zero attached hydrogens (tertiary/aromatic N) is 3. The highest BCUT2D eigenvalue weighted by molar-refractivity contribution is 7.71. The second-order valence-electron chi connectivity index (χ2n) is 4.69. The van der Waals surface area contributed by atoms with Gasteiger partial charge < -0.3 is 0 Å². The summed E-state index contributed by atoms with van der Waals surface area (Å²) < 4.78 is 3.80. The zero-order valence-corrected chi connectivity index (χ0v) is 11.8. The van der Waals surface area contributed by atoms with E-state index in [-0.39, 0.29) is 5.56 Å². The molecule has 1 heterocycles. The third kappa shape index (κ3) is 2.46. The number of allylic oxidation sites excluding steroid dienone is 2. The molecule has 0 saturated heterocycles. The molecule has 0 spiro atoms. The lowest BCUT2D eigenvalue weighted by Gasteiger charge is -2.14. The molecule has 18 heavy (non-hydrogen) atoms. The fraction of sp³-hybridized carbons (Fsp3) is 0.615. The molecule has 0 amide bonds. The molecule has 0 radical (unpaired) electrons. The Kier molecular flexibility index (Phi) is 4.11. The Morgan fingerprint density at radius 3 is 2.83 bits per heavy atom. The second kappa shape index (κ2) is 5.61. The molecule has 2 rings (SSSR count). The molecule has 0 aromatic carbocycles. The summed E-state index contributed by atoms with van der Waals surface area (Å²) in [6, 6.07) is 0. The first-order chi connectivity index (χ1) is 8.65. The molecule has 98 valence electrons. The van der Waals surface area contributed by atoms with Crippen molar-refractivity contribution in [2.75, 3.05) is 0 Å². The van der Waals surface area contributed by atoms with Crippen LogP contribution in [0.1, 0.15) is 44.7 Å². The average molecular weight is 265 g/mol. The van der Waals surface area contributed by atoms with Crippen LogP contribution in [0.3, 0.4) is 0 Å². The van der Waals surface area contributed by atoms with Crippen LogP contribution in [0.5, 0.6) is 0 Å². The third-order valence-electron chi connectivity index (χ3n) is 3.27. The van der Waals surface area contributed by atoms with Gasteiger partial charge in [0, 0.05) is 13.6 Å². The van der Waals surface area contributed by atoms with E-state index in [1.165, 1.54) is 11.0 Å². The zero-order chi connectivity index (χ0) is 13.1. The Morgan fingerprint density at radius 2 is 2.22 bits per heavy atom. The minimum absolute atomic E-state index is 0.0690. The van der Waals surface area contributed by atoms with E-state index in [0.717, 1.165) is 37.8 Å². The van der Waals surface area contributed by atoms with Crippen LogP contribution < -0.4 is 5.56 Å². The van der Waals surface area contributed by atoms with E-state index in [9.17, 15) is 4.79 Å². The van der Waals surface area contributed by atoms with E-state index in [4.69, 9.17) is 12.2 Å². The number of hydrogen-bond donors (Lipinski definition) is 0. The summed E-state index contributed by atoms with van der Waals surface area (Å²) in [5.74, 6) is 0. The molecular formula is C13H19N3OS. The maximum Gasteiger partial charge on any atom is 0.280 e. The molecule has 0 atom stereocenters. The number of aryl methyl sites for hydroxylation is 1. The van der Waals surface area contributed by atoms with Crippen molar-refractivity contribution in [1.29, 1.82) is 0 Å². The highest BCUT2D eigenvalue weighted by Crippen LogP contribution is 2.23. The van der Waals surface area contributed by atoms with Crippen molar-refractivity contribution in [2.24, 2.45) is 7.05 Å². The van der Waals surface area contributed by atoms with Crippen LogP contribution >= 0.6 is 12.2 Å². The molecule has 5 heteroatoms. The van der Waals surface area contributed by atoms with Crippen molar-refractivity contribution in [3.63, 3.8) is 0 Å². The SMILES string of the molecule is CCCn1nc(C2=CCCCC2)c(=O)n(C)c1=S. The average Bonchev–Trinajstić information content (AvgIpc) is 2.40. The molecule has 0 aliphatic heterocycles. The summed E-state index contributed by atoms with van der Waals surface area (Å²) in [4.78, 5) is 12.2. The van der Waals surface area contributed by atoms with Crippen molar-refractivity contribution < 1.29 is 0 Å². The highest BCUT2D eigenvalue weighted by Gasteiger charge is 2.14. The Balaban J connectivity index is 2.57. The van der Waals surface area contributed by atoms with E-state index in [0.29, 0.717) is 10.5 Å². The summed E-state index contributed by atoms with van der Waals surface area (Å²) in [5.41, 5.74) is 1.60. The highest BCUT2D eigenvalue weighted by atomic mass is 32.1. The third-order valence-corrected chi connectivity index (χ3v) is 3.75. The van der Waals surface area contributed by atoms with Crippen LogP contribution in [0.15, 0.2) is 10.9 Å². The van der Waals surface area contributed by atoms with Gasteiger partial charge >= 0.3 is 0 Å². The van der Waals surface area contributed by atoms with Crippen molar-refractivity contribution in [3.05, 3.63) is 26.9 Å². The molecule has 0 unspecified atom stereocenters. The topological polar surface area (TPSA) is 39.8 Å². The van der Waals surface area contributed by atoms with Crippen molar-refractivity contribution in [3.8, 4) is 0 Å². The van der Waals surface area contributed by atoms with E-state index in [1.54, 1.807) is 11.7 Å². The van der Waals surface area contributed by atoms with Gasteiger partial charge in [0.2, 0.25) is 0 Å². The van der Waals surface area contributed by atoms with Gasteiger partial charge in [0.15, 0.2) is 10.5 Å². The van der Waals surface area contributed by atoms with Crippen molar-refractivity contribution in [1.82, 2.24) is 14.3 Å². The molecule has 0 N–H and O–H groups in total. The fourth-order valence-electron chi connectivity index (χ4n) is 2.24. The molecule has 1 aliphatic rings. The minimum atomic E-state index is -0.0690. The molecule has 0 saturated carbocycles. The zero-order valence-electron chi connectivity index (χ0n) is 11.0. The lowest BCUT2D eigenvalue weighted by molar-refractivity contribution is 0.527. The van der Waals surface area contributed by atoms with Crippen LogP contribution in [0.25, 0.3) is 5.57 Å². The van der Waals surface area contributed by atoms with E-state index in [2.05, 4.69) is 18.1 Å². The van der Waals surface area contributed by atoms with Gasteiger partial charge in [0.25, 0.3) is 5.56 Å². The van der Waals surface area contributed by atoms with Gasteiger partial charge in [0.1, 0.15) is 0 Å². The van der Waals surface area contributed by atoms with Gasteiger partial charge in [-0.15, -0.1) is 0 Å². The van der Waals surface area contributed by atoms with Gasteiger partial charge in [-0.05, 0) is 49.9 Å². The van der Waals surface area contributed by atoms with Crippen molar-refractivity contribution in [2.45, 2.75) is 45.6 Å². The first kappa shape index (κ1) is 13.2. The summed E-state index contributed by atoms with van der Waals surface area (Å²) >= 11 is 5.25. The number of hydrogen-bond acceptors (Lipinski definition) is 3. The van der Waals surface area contributed by atoms with E-state index >= 15 is 0 Å². The quantitative estimate of drug-likeness (QED) is 0.789. The van der Waals surface area contributed by atoms with Gasteiger partial charge in [-0.3, -0.25) is 9.36 Å². The maximum absolute atomic E-state index is 12.2. The molecule has 4 nitrogen and oxygen atoms in total. The first-order valence-electron chi connectivity index (χ1n) is 6.52. The van der Waals surface area contributed by atoms with Crippen LogP contribution in [-0.4, -0.2) is 14.3 Å². The minimum Gasteiger partial charge on any atom is -0.285 e. The Morgan fingerprint density at radius 1 is 1.44 bits per heavy atom. The monoisotopic (exact) mass is 265 g/mol. The molecule has 1 aliphatic carbocycles.